The van der Waals surface area contributed by atoms with Crippen LogP contribution >= 0.6 is 0 Å². The Morgan fingerprint density at radius 2 is 2.05 bits per heavy atom. The number of fused-ring (bicyclic) bond motifs is 1. The SMILES string of the molecule is Cn1c(/C(C#N)=C\c2cccc(F)c2)nc2ccccc21. The molecule has 1 aromatic heterocycles. The van der Waals surface area contributed by atoms with Crippen molar-refractivity contribution in [3.05, 3.63) is 65.7 Å². The molecule has 0 aliphatic carbocycles. The Hall–Kier alpha value is -2.93. The van der Waals surface area contributed by atoms with Gasteiger partial charge < -0.3 is 4.57 Å². The molecule has 0 fully saturated rings. The number of aryl methyl sites for hydroxylation is 1. The molecule has 0 unspecified atom stereocenters. The lowest BCUT2D eigenvalue weighted by Crippen LogP contribution is -1.96. The maximum atomic E-state index is 13.2. The van der Waals surface area contributed by atoms with Crippen molar-refractivity contribution in [1.82, 2.24) is 9.55 Å². The lowest BCUT2D eigenvalue weighted by molar-refractivity contribution is 0.627. The summed E-state index contributed by atoms with van der Waals surface area (Å²) in [5.74, 6) is 0.244. The van der Waals surface area contributed by atoms with E-state index in [0.717, 1.165) is 11.0 Å². The number of aromatic nitrogens is 2. The van der Waals surface area contributed by atoms with Crippen LogP contribution in [0.5, 0.6) is 0 Å². The van der Waals surface area contributed by atoms with Crippen LogP contribution in [-0.4, -0.2) is 9.55 Å². The van der Waals surface area contributed by atoms with Gasteiger partial charge in [-0.3, -0.25) is 0 Å². The fraction of sp³-hybridized carbons (Fsp3) is 0.0588. The van der Waals surface area contributed by atoms with Gasteiger partial charge in [-0.15, -0.1) is 0 Å². The van der Waals surface area contributed by atoms with E-state index in [9.17, 15) is 9.65 Å². The molecule has 3 rings (SSSR count). The van der Waals surface area contributed by atoms with Crippen molar-refractivity contribution in [3.63, 3.8) is 0 Å². The monoisotopic (exact) mass is 277 g/mol. The highest BCUT2D eigenvalue weighted by molar-refractivity contribution is 5.90. The number of rotatable bonds is 2. The van der Waals surface area contributed by atoms with Gasteiger partial charge in [0.2, 0.25) is 0 Å². The molecule has 2 aromatic carbocycles. The predicted molar refractivity (Wildman–Crippen MR) is 80.6 cm³/mol. The number of halogens is 1. The molecule has 0 atom stereocenters. The van der Waals surface area contributed by atoms with Crippen LogP contribution in [0.2, 0.25) is 0 Å². The van der Waals surface area contributed by atoms with E-state index >= 15 is 0 Å². The molecule has 21 heavy (non-hydrogen) atoms. The van der Waals surface area contributed by atoms with E-state index in [1.165, 1.54) is 12.1 Å². The van der Waals surface area contributed by atoms with Crippen LogP contribution in [0.1, 0.15) is 11.4 Å². The van der Waals surface area contributed by atoms with Gasteiger partial charge in [0.1, 0.15) is 11.9 Å². The fourth-order valence-corrected chi connectivity index (χ4v) is 2.30. The van der Waals surface area contributed by atoms with E-state index in [0.29, 0.717) is 17.0 Å². The topological polar surface area (TPSA) is 41.6 Å². The highest BCUT2D eigenvalue weighted by Crippen LogP contribution is 2.22. The number of nitriles is 1. The van der Waals surface area contributed by atoms with Crippen molar-refractivity contribution in [2.24, 2.45) is 7.05 Å². The molecule has 4 heteroatoms. The molecule has 0 N–H and O–H groups in total. The summed E-state index contributed by atoms with van der Waals surface area (Å²) >= 11 is 0. The Kier molecular flexibility index (Phi) is 3.25. The quantitative estimate of drug-likeness (QED) is 0.669. The minimum Gasteiger partial charge on any atom is -0.327 e. The van der Waals surface area contributed by atoms with Crippen LogP contribution in [0.3, 0.4) is 0 Å². The average Bonchev–Trinajstić information content (AvgIpc) is 2.82. The lowest BCUT2D eigenvalue weighted by atomic mass is 10.1. The van der Waals surface area contributed by atoms with E-state index in [1.54, 1.807) is 18.2 Å². The zero-order valence-electron chi connectivity index (χ0n) is 11.4. The molecular formula is C17H12FN3. The van der Waals surface area contributed by atoms with Gasteiger partial charge in [-0.2, -0.15) is 5.26 Å². The molecule has 1 heterocycles. The maximum absolute atomic E-state index is 13.2. The summed E-state index contributed by atoms with van der Waals surface area (Å²) in [6.45, 7) is 0. The molecule has 102 valence electrons. The Balaban J connectivity index is 2.15. The summed E-state index contributed by atoms with van der Waals surface area (Å²) in [5.41, 5.74) is 2.82. The summed E-state index contributed by atoms with van der Waals surface area (Å²) in [6.07, 6.45) is 1.64. The maximum Gasteiger partial charge on any atom is 0.151 e. The second-order valence-electron chi connectivity index (χ2n) is 4.71. The van der Waals surface area contributed by atoms with Crippen molar-refractivity contribution >= 4 is 22.7 Å². The van der Waals surface area contributed by atoms with E-state index in [-0.39, 0.29) is 5.82 Å². The molecule has 0 aliphatic heterocycles. The lowest BCUT2D eigenvalue weighted by Gasteiger charge is -2.01. The number of para-hydroxylation sites is 2. The zero-order valence-corrected chi connectivity index (χ0v) is 11.4. The first kappa shape index (κ1) is 13.1. The van der Waals surface area contributed by atoms with Crippen LogP contribution in [0.4, 0.5) is 4.39 Å². The Bertz CT molecular complexity index is 884. The molecule has 0 spiro atoms. The van der Waals surface area contributed by atoms with Gasteiger partial charge in [-0.1, -0.05) is 24.3 Å². The van der Waals surface area contributed by atoms with Crippen LogP contribution < -0.4 is 0 Å². The summed E-state index contributed by atoms with van der Waals surface area (Å²) < 4.78 is 15.1. The molecule has 3 aromatic rings. The van der Waals surface area contributed by atoms with Gasteiger partial charge in [-0.05, 0) is 35.9 Å². The molecule has 0 radical (unpaired) electrons. The number of nitrogens with zero attached hydrogens (tertiary/aromatic N) is 3. The van der Waals surface area contributed by atoms with Crippen LogP contribution in [0.15, 0.2) is 48.5 Å². The van der Waals surface area contributed by atoms with Gasteiger partial charge in [0, 0.05) is 7.05 Å². The highest BCUT2D eigenvalue weighted by atomic mass is 19.1. The number of allylic oxidation sites excluding steroid dienone is 1. The second-order valence-corrected chi connectivity index (χ2v) is 4.71. The fourth-order valence-electron chi connectivity index (χ4n) is 2.30. The zero-order chi connectivity index (χ0) is 14.8. The summed E-state index contributed by atoms with van der Waals surface area (Å²) in [6, 6.07) is 16.0. The van der Waals surface area contributed by atoms with Crippen molar-refractivity contribution < 1.29 is 4.39 Å². The third kappa shape index (κ3) is 2.41. The molecule has 0 saturated heterocycles. The van der Waals surface area contributed by atoms with Crippen molar-refractivity contribution in [2.75, 3.05) is 0 Å². The van der Waals surface area contributed by atoms with Gasteiger partial charge in [0.25, 0.3) is 0 Å². The summed E-state index contributed by atoms with van der Waals surface area (Å²) in [7, 11) is 1.86. The smallest absolute Gasteiger partial charge is 0.151 e. The van der Waals surface area contributed by atoms with E-state index in [1.807, 2.05) is 35.9 Å². The van der Waals surface area contributed by atoms with Gasteiger partial charge in [0.05, 0.1) is 16.6 Å². The molecular weight excluding hydrogens is 265 g/mol. The average molecular weight is 277 g/mol. The Morgan fingerprint density at radius 3 is 2.76 bits per heavy atom. The van der Waals surface area contributed by atoms with Crippen LogP contribution in [0.25, 0.3) is 22.7 Å². The minimum absolute atomic E-state index is 0.328. The molecule has 0 aliphatic rings. The number of hydrogen-bond acceptors (Lipinski definition) is 2. The van der Waals surface area contributed by atoms with Gasteiger partial charge >= 0.3 is 0 Å². The normalized spacial score (nSPS) is 11.6. The van der Waals surface area contributed by atoms with Gasteiger partial charge in [0.15, 0.2) is 5.82 Å². The van der Waals surface area contributed by atoms with Crippen LogP contribution in [0, 0.1) is 17.1 Å². The van der Waals surface area contributed by atoms with Crippen molar-refractivity contribution in [3.8, 4) is 6.07 Å². The Morgan fingerprint density at radius 1 is 1.24 bits per heavy atom. The minimum atomic E-state index is -0.328. The largest absolute Gasteiger partial charge is 0.327 e. The molecule has 0 amide bonds. The van der Waals surface area contributed by atoms with E-state index < -0.39 is 0 Å². The predicted octanol–water partition coefficient (Wildman–Crippen LogP) is 3.78. The van der Waals surface area contributed by atoms with E-state index in [2.05, 4.69) is 11.1 Å². The first-order valence-corrected chi connectivity index (χ1v) is 6.48. The first-order chi connectivity index (χ1) is 10.2. The van der Waals surface area contributed by atoms with E-state index in [4.69, 9.17) is 0 Å². The van der Waals surface area contributed by atoms with Crippen molar-refractivity contribution in [1.29, 1.82) is 5.26 Å². The molecule has 0 bridgehead atoms. The first-order valence-electron chi connectivity index (χ1n) is 6.48. The summed E-state index contributed by atoms with van der Waals surface area (Å²) in [5, 5.41) is 9.39. The standard InChI is InChI=1S/C17H12FN3/c1-21-16-8-3-2-7-15(16)20-17(21)13(11-19)9-12-5-4-6-14(18)10-12/h2-10H,1H3/b13-9-. The van der Waals surface area contributed by atoms with Crippen molar-refractivity contribution in [2.45, 2.75) is 0 Å². The number of benzene rings is 2. The third-order valence-corrected chi connectivity index (χ3v) is 3.31. The highest BCUT2D eigenvalue weighted by Gasteiger charge is 2.11. The van der Waals surface area contributed by atoms with Gasteiger partial charge in [-0.25, -0.2) is 9.37 Å². The molecule has 0 saturated carbocycles. The second kappa shape index (κ2) is 5.22. The Labute approximate surface area is 121 Å². The summed E-state index contributed by atoms with van der Waals surface area (Å²) in [4.78, 5) is 4.48. The molecule has 3 nitrogen and oxygen atoms in total. The number of imidazole rings is 1. The third-order valence-electron chi connectivity index (χ3n) is 3.31. The van der Waals surface area contributed by atoms with Crippen LogP contribution in [-0.2, 0) is 7.05 Å². The number of hydrogen-bond donors (Lipinski definition) is 0.